The Bertz CT molecular complexity index is 2700. The third kappa shape index (κ3) is 7.61. The Hall–Kier alpha value is -6.02. The van der Waals surface area contributed by atoms with Crippen LogP contribution < -0.4 is 4.90 Å². The van der Waals surface area contributed by atoms with Crippen LogP contribution in [0.4, 0.5) is 17.6 Å². The molecule has 4 heterocycles. The Morgan fingerprint density at radius 3 is 1.98 bits per heavy atom. The summed E-state index contributed by atoms with van der Waals surface area (Å²) in [6.45, 7) is 12.7. The first-order chi connectivity index (χ1) is 26.6. The number of pyridine rings is 1. The van der Waals surface area contributed by atoms with E-state index in [4.69, 9.17) is 24.4 Å². The molecule has 0 amide bonds. The number of hydrogen-bond acceptors (Lipinski definition) is 7. The first-order valence-corrected chi connectivity index (χ1v) is 18.4. The fraction of sp³-hybridized carbons (Fsp3) is 0.170. The van der Waals surface area contributed by atoms with E-state index in [1.807, 2.05) is 114 Å². The van der Waals surface area contributed by atoms with Gasteiger partial charge in [-0.2, -0.15) is 34.2 Å². The average molecular weight is 912 g/mol. The van der Waals surface area contributed by atoms with Crippen LogP contribution in [-0.4, -0.2) is 29.5 Å². The van der Waals surface area contributed by atoms with Gasteiger partial charge in [0.25, 0.3) is 0 Å². The first-order valence-electron chi connectivity index (χ1n) is 18.4. The summed E-state index contributed by atoms with van der Waals surface area (Å²) < 4.78 is 8.11. The molecule has 9 aromatic rings. The van der Waals surface area contributed by atoms with Crippen molar-refractivity contribution in [3.8, 4) is 16.9 Å². The molecule has 0 fully saturated rings. The number of rotatable bonds is 5. The molecule has 0 aliphatic heterocycles. The van der Waals surface area contributed by atoms with Crippen molar-refractivity contribution in [2.75, 3.05) is 4.90 Å². The molecule has 8 nitrogen and oxygen atoms in total. The summed E-state index contributed by atoms with van der Waals surface area (Å²) >= 11 is 0. The van der Waals surface area contributed by atoms with E-state index in [0.29, 0.717) is 11.9 Å². The van der Waals surface area contributed by atoms with Gasteiger partial charge in [-0.05, 0) is 42.1 Å². The Morgan fingerprint density at radius 1 is 0.607 bits per heavy atom. The number of nitrogens with zero attached hydrogens (tertiary/aromatic N) is 7. The number of para-hydroxylation sites is 5. The minimum atomic E-state index is -0.261. The van der Waals surface area contributed by atoms with Crippen molar-refractivity contribution >= 4 is 50.6 Å². The van der Waals surface area contributed by atoms with Crippen LogP contribution in [0.25, 0.3) is 49.9 Å². The van der Waals surface area contributed by atoms with Crippen LogP contribution in [0.5, 0.6) is 0 Å². The summed E-state index contributed by atoms with van der Waals surface area (Å²) in [6, 6.07) is 50.7. The van der Waals surface area contributed by atoms with Crippen LogP contribution in [-0.2, 0) is 30.9 Å². The van der Waals surface area contributed by atoms with E-state index in [1.165, 1.54) is 0 Å². The van der Waals surface area contributed by atoms with E-state index in [9.17, 15) is 0 Å². The number of anilines is 3. The van der Waals surface area contributed by atoms with Crippen LogP contribution in [0.2, 0.25) is 0 Å². The molecular weight excluding hydrogens is 871 g/mol. The second-order valence-corrected chi connectivity index (χ2v) is 15.3. The van der Waals surface area contributed by atoms with Gasteiger partial charge in [0.15, 0.2) is 0 Å². The third-order valence-electron chi connectivity index (χ3n) is 9.12. The zero-order chi connectivity index (χ0) is 38.2. The molecule has 0 aliphatic rings. The number of furan rings is 1. The predicted octanol–water partition coefficient (Wildman–Crippen LogP) is 11.5. The van der Waals surface area contributed by atoms with Crippen molar-refractivity contribution in [3.63, 3.8) is 0 Å². The summed E-state index contributed by atoms with van der Waals surface area (Å²) in [5, 5.41) is 2.23. The van der Waals surface area contributed by atoms with Crippen LogP contribution in [0.15, 0.2) is 144 Å². The quantitative estimate of drug-likeness (QED) is 0.159. The molecule has 4 aromatic heterocycles. The normalized spacial score (nSPS) is 11.6. The van der Waals surface area contributed by atoms with Crippen molar-refractivity contribution in [2.45, 2.75) is 52.4 Å². The van der Waals surface area contributed by atoms with E-state index in [-0.39, 0.29) is 30.9 Å². The number of fused-ring (bicyclic) bond motifs is 4. The summed E-state index contributed by atoms with van der Waals surface area (Å²) in [6.07, 6.45) is 1.78. The Labute approximate surface area is 340 Å². The molecule has 9 heteroatoms. The summed E-state index contributed by atoms with van der Waals surface area (Å²) in [7, 11) is 0. The summed E-state index contributed by atoms with van der Waals surface area (Å²) in [4.78, 5) is 26.4. The van der Waals surface area contributed by atoms with E-state index >= 15 is 0 Å². The standard InChI is InChI=1S/C30H31N6.C17H10NO.Ir/c1-29(2,3)25-32-26(30(4,5)6)34-27(33-25)36(22-17-11-8-12-18-22)28-31-23-19-13-14-20-24(23)35(28)21-15-9-7-10-16-21;1-2-10-16-12(6-1)13-7-5-8-14(17(13)19-16)15-9-3-4-11-18-15;/h7-17,19-20H,1-6H3;1-7,9-11H;/q2*-1;. The van der Waals surface area contributed by atoms with Crippen molar-refractivity contribution in [2.24, 2.45) is 0 Å². The SMILES string of the molecule is CC(C)(C)c1nc(N(c2[c-]cccc2)c2nc3ccccc3n2-c2ccccc2)nc(C(C)(C)C)n1.[Ir].[c-]1ccc2c(oc3ccccc32)c1-c1ccccn1. The molecule has 0 N–H and O–H groups in total. The zero-order valence-corrected chi connectivity index (χ0v) is 34.5. The van der Waals surface area contributed by atoms with E-state index in [0.717, 1.165) is 67.3 Å². The monoisotopic (exact) mass is 912 g/mol. The number of aromatic nitrogens is 6. The molecule has 0 atom stereocenters. The van der Waals surface area contributed by atoms with Gasteiger partial charge in [-0.1, -0.05) is 119 Å². The van der Waals surface area contributed by atoms with Gasteiger partial charge in [0.2, 0.25) is 11.9 Å². The number of hydrogen-bond donors (Lipinski definition) is 0. The first kappa shape index (κ1) is 38.3. The van der Waals surface area contributed by atoms with Crippen LogP contribution >= 0.6 is 0 Å². The van der Waals surface area contributed by atoms with Gasteiger partial charge >= 0.3 is 0 Å². The van der Waals surface area contributed by atoms with E-state index in [2.05, 4.69) is 87.5 Å². The van der Waals surface area contributed by atoms with Crippen LogP contribution in [0.1, 0.15) is 53.2 Å². The van der Waals surface area contributed by atoms with Gasteiger partial charge in [-0.15, -0.1) is 24.3 Å². The number of benzene rings is 5. The maximum absolute atomic E-state index is 5.97. The minimum Gasteiger partial charge on any atom is -0.501 e. The molecule has 9 rings (SSSR count). The molecular formula is C47H41IrN7O-2. The fourth-order valence-corrected chi connectivity index (χ4v) is 6.35. The van der Waals surface area contributed by atoms with E-state index < -0.39 is 0 Å². The molecule has 56 heavy (non-hydrogen) atoms. The molecule has 0 aliphatic carbocycles. The zero-order valence-electron chi connectivity index (χ0n) is 32.2. The maximum atomic E-state index is 5.97. The summed E-state index contributed by atoms with van der Waals surface area (Å²) in [5.41, 5.74) is 6.71. The van der Waals surface area contributed by atoms with Crippen molar-refractivity contribution in [3.05, 3.63) is 163 Å². The third-order valence-corrected chi connectivity index (χ3v) is 9.12. The van der Waals surface area contributed by atoms with Crippen LogP contribution in [0, 0.1) is 12.1 Å². The minimum absolute atomic E-state index is 0. The molecule has 0 saturated heterocycles. The Balaban J connectivity index is 0.000000201. The molecule has 5 aromatic carbocycles. The molecule has 0 spiro atoms. The second-order valence-electron chi connectivity index (χ2n) is 15.3. The van der Waals surface area contributed by atoms with Gasteiger partial charge in [0.1, 0.15) is 17.2 Å². The van der Waals surface area contributed by atoms with E-state index in [1.54, 1.807) is 6.20 Å². The Kier molecular flexibility index (Phi) is 10.7. The van der Waals surface area contributed by atoms with Crippen molar-refractivity contribution < 1.29 is 24.5 Å². The van der Waals surface area contributed by atoms with Gasteiger partial charge in [-0.3, -0.25) is 9.47 Å². The number of imidazole rings is 1. The molecule has 281 valence electrons. The predicted molar refractivity (Wildman–Crippen MR) is 221 cm³/mol. The Morgan fingerprint density at radius 2 is 1.29 bits per heavy atom. The topological polar surface area (TPSA) is 85.8 Å². The van der Waals surface area contributed by atoms with Crippen molar-refractivity contribution in [1.82, 2.24) is 29.5 Å². The smallest absolute Gasteiger partial charge is 0.238 e. The molecule has 1 radical (unpaired) electrons. The van der Waals surface area contributed by atoms with Gasteiger partial charge in [-0.25, -0.2) is 9.97 Å². The molecule has 0 bridgehead atoms. The van der Waals surface area contributed by atoms with Gasteiger partial charge in [0.05, 0.1) is 16.6 Å². The van der Waals surface area contributed by atoms with Crippen LogP contribution in [0.3, 0.4) is 0 Å². The summed E-state index contributed by atoms with van der Waals surface area (Å²) in [5.74, 6) is 2.69. The molecule has 0 saturated carbocycles. The van der Waals surface area contributed by atoms with Gasteiger partial charge < -0.3 is 9.40 Å². The van der Waals surface area contributed by atoms with Crippen molar-refractivity contribution in [1.29, 1.82) is 0 Å². The molecule has 0 unspecified atom stereocenters. The average Bonchev–Trinajstić information content (AvgIpc) is 3.77. The largest absolute Gasteiger partial charge is 0.501 e. The second kappa shape index (κ2) is 15.6. The maximum Gasteiger partial charge on any atom is 0.238 e. The van der Waals surface area contributed by atoms with Gasteiger partial charge in [0, 0.05) is 48.2 Å². The fourth-order valence-electron chi connectivity index (χ4n) is 6.35.